The first kappa shape index (κ1) is 13.4. The summed E-state index contributed by atoms with van der Waals surface area (Å²) >= 11 is 8.99. The monoisotopic (exact) mass is 346 g/mol. The van der Waals surface area contributed by atoms with Crippen molar-refractivity contribution < 1.29 is 12.6 Å². The van der Waals surface area contributed by atoms with E-state index in [4.69, 9.17) is 15.8 Å². The molecule has 2 aromatic rings. The van der Waals surface area contributed by atoms with Crippen LogP contribution in [0.15, 0.2) is 57.9 Å². The van der Waals surface area contributed by atoms with Crippen molar-refractivity contribution in [2.75, 3.05) is 0 Å². The van der Waals surface area contributed by atoms with Crippen LogP contribution in [0.4, 0.5) is 0 Å². The Hall–Kier alpha value is -1.04. The average Bonchev–Trinajstić information content (AvgIpc) is 2.28. The molecule has 2 aromatic carbocycles. The minimum atomic E-state index is -3.86. The number of halogens is 2. The van der Waals surface area contributed by atoms with E-state index in [1.54, 1.807) is 36.4 Å². The summed E-state index contributed by atoms with van der Waals surface area (Å²) in [4.78, 5) is 0.0231. The molecule has 0 heterocycles. The molecule has 6 heteroatoms. The zero-order chi connectivity index (χ0) is 13.2. The van der Waals surface area contributed by atoms with E-state index >= 15 is 0 Å². The van der Waals surface area contributed by atoms with E-state index < -0.39 is 10.1 Å². The second kappa shape index (κ2) is 5.30. The van der Waals surface area contributed by atoms with Gasteiger partial charge in [-0.1, -0.05) is 39.7 Å². The van der Waals surface area contributed by atoms with E-state index in [1.165, 1.54) is 12.1 Å². The molecule has 0 radical (unpaired) electrons. The first-order valence-corrected chi connectivity index (χ1v) is 7.51. The topological polar surface area (TPSA) is 43.4 Å². The standard InChI is InChI=1S/C12H8BrClO3S/c13-9-3-1-5-11(7-9)17-18(15,16)12-6-2-4-10(14)8-12/h1-8H. The predicted molar refractivity (Wildman–Crippen MR) is 73.4 cm³/mol. The fraction of sp³-hybridized carbons (Fsp3) is 0. The van der Waals surface area contributed by atoms with Gasteiger partial charge in [0, 0.05) is 9.50 Å². The van der Waals surface area contributed by atoms with Gasteiger partial charge in [0.2, 0.25) is 0 Å². The molecule has 0 saturated heterocycles. The van der Waals surface area contributed by atoms with E-state index in [1.807, 2.05) is 0 Å². The number of benzene rings is 2. The van der Waals surface area contributed by atoms with Gasteiger partial charge in [0.1, 0.15) is 10.6 Å². The van der Waals surface area contributed by atoms with Crippen LogP contribution >= 0.6 is 27.5 Å². The van der Waals surface area contributed by atoms with Gasteiger partial charge in [0.25, 0.3) is 0 Å². The summed E-state index contributed by atoms with van der Waals surface area (Å²) in [5.41, 5.74) is 0. The van der Waals surface area contributed by atoms with Crippen molar-refractivity contribution in [1.82, 2.24) is 0 Å². The van der Waals surface area contributed by atoms with Crippen LogP contribution in [-0.2, 0) is 10.1 Å². The fourth-order valence-electron chi connectivity index (χ4n) is 1.32. The Balaban J connectivity index is 2.33. The van der Waals surface area contributed by atoms with Crippen molar-refractivity contribution in [1.29, 1.82) is 0 Å². The predicted octanol–water partition coefficient (Wildman–Crippen LogP) is 3.87. The Morgan fingerprint density at radius 3 is 2.44 bits per heavy atom. The third-order valence-electron chi connectivity index (χ3n) is 2.09. The lowest BCUT2D eigenvalue weighted by Crippen LogP contribution is -2.09. The smallest absolute Gasteiger partial charge is 0.339 e. The maximum atomic E-state index is 12.0. The number of rotatable bonds is 3. The average molecular weight is 348 g/mol. The van der Waals surface area contributed by atoms with Crippen molar-refractivity contribution in [2.24, 2.45) is 0 Å². The quantitative estimate of drug-likeness (QED) is 0.792. The molecular weight excluding hydrogens is 340 g/mol. The summed E-state index contributed by atoms with van der Waals surface area (Å²) in [5.74, 6) is 0.240. The molecule has 0 aliphatic rings. The second-order valence-corrected chi connectivity index (χ2v) is 6.35. The van der Waals surface area contributed by atoms with Gasteiger partial charge in [-0.3, -0.25) is 0 Å². The summed E-state index contributed by atoms with van der Waals surface area (Å²) in [5, 5.41) is 0.342. The third-order valence-corrected chi connectivity index (χ3v) is 4.06. The first-order chi connectivity index (χ1) is 8.47. The molecule has 94 valence electrons. The highest BCUT2D eigenvalue weighted by molar-refractivity contribution is 9.10. The maximum Gasteiger partial charge on any atom is 0.339 e. The lowest BCUT2D eigenvalue weighted by molar-refractivity contribution is 0.486. The number of hydrogen-bond acceptors (Lipinski definition) is 3. The molecule has 0 saturated carbocycles. The number of hydrogen-bond donors (Lipinski definition) is 0. The van der Waals surface area contributed by atoms with Gasteiger partial charge >= 0.3 is 10.1 Å². The van der Waals surface area contributed by atoms with Crippen LogP contribution in [0.2, 0.25) is 5.02 Å². The second-order valence-electron chi connectivity index (χ2n) is 3.45. The summed E-state index contributed by atoms with van der Waals surface area (Å²) in [7, 11) is -3.86. The summed E-state index contributed by atoms with van der Waals surface area (Å²) in [6.45, 7) is 0. The van der Waals surface area contributed by atoms with Gasteiger partial charge in [0.15, 0.2) is 0 Å². The van der Waals surface area contributed by atoms with Gasteiger partial charge in [-0.2, -0.15) is 8.42 Å². The zero-order valence-corrected chi connectivity index (χ0v) is 12.2. The summed E-state index contributed by atoms with van der Waals surface area (Å²) < 4.78 is 29.7. The molecule has 2 rings (SSSR count). The molecule has 0 bridgehead atoms. The van der Waals surface area contributed by atoms with E-state index in [9.17, 15) is 8.42 Å². The maximum absolute atomic E-state index is 12.0. The Morgan fingerprint density at radius 1 is 1.06 bits per heavy atom. The van der Waals surface area contributed by atoms with Crippen molar-refractivity contribution >= 4 is 37.6 Å². The molecule has 3 nitrogen and oxygen atoms in total. The fourth-order valence-corrected chi connectivity index (χ4v) is 2.92. The van der Waals surface area contributed by atoms with Gasteiger partial charge in [-0.25, -0.2) is 0 Å². The van der Waals surface area contributed by atoms with Crippen LogP contribution in [0, 0.1) is 0 Å². The highest BCUT2D eigenvalue weighted by Crippen LogP contribution is 2.23. The third kappa shape index (κ3) is 3.25. The Labute approximate surface area is 119 Å². The molecule has 18 heavy (non-hydrogen) atoms. The van der Waals surface area contributed by atoms with Crippen molar-refractivity contribution in [3.63, 3.8) is 0 Å². The normalized spacial score (nSPS) is 11.2. The van der Waals surface area contributed by atoms with Crippen LogP contribution < -0.4 is 4.18 Å². The van der Waals surface area contributed by atoms with E-state index in [0.29, 0.717) is 5.02 Å². The Morgan fingerprint density at radius 2 is 1.78 bits per heavy atom. The molecule has 0 N–H and O–H groups in total. The van der Waals surface area contributed by atoms with Crippen LogP contribution in [0.5, 0.6) is 5.75 Å². The largest absolute Gasteiger partial charge is 0.379 e. The molecule has 0 aromatic heterocycles. The van der Waals surface area contributed by atoms with Crippen LogP contribution in [0.25, 0.3) is 0 Å². The lowest BCUT2D eigenvalue weighted by atomic mass is 10.3. The minimum absolute atomic E-state index is 0.0231. The molecule has 0 atom stereocenters. The SMILES string of the molecule is O=S(=O)(Oc1cccc(Br)c1)c1cccc(Cl)c1. The first-order valence-electron chi connectivity index (χ1n) is 4.93. The molecule has 0 fully saturated rings. The molecule has 0 unspecified atom stereocenters. The molecule has 0 aliphatic carbocycles. The molecule has 0 aliphatic heterocycles. The highest BCUT2D eigenvalue weighted by Gasteiger charge is 2.16. The zero-order valence-electron chi connectivity index (χ0n) is 9.01. The lowest BCUT2D eigenvalue weighted by Gasteiger charge is -2.07. The van der Waals surface area contributed by atoms with Crippen LogP contribution in [0.1, 0.15) is 0 Å². The minimum Gasteiger partial charge on any atom is -0.379 e. The van der Waals surface area contributed by atoms with Crippen LogP contribution in [-0.4, -0.2) is 8.42 Å². The Kier molecular flexibility index (Phi) is 3.94. The van der Waals surface area contributed by atoms with Gasteiger partial charge in [-0.05, 0) is 36.4 Å². The van der Waals surface area contributed by atoms with E-state index in [0.717, 1.165) is 4.47 Å². The molecule has 0 amide bonds. The summed E-state index contributed by atoms with van der Waals surface area (Å²) in [6.07, 6.45) is 0. The van der Waals surface area contributed by atoms with Crippen molar-refractivity contribution in [3.05, 3.63) is 58.0 Å². The van der Waals surface area contributed by atoms with Gasteiger partial charge in [0.05, 0.1) is 0 Å². The van der Waals surface area contributed by atoms with Gasteiger partial charge in [-0.15, -0.1) is 0 Å². The summed E-state index contributed by atoms with van der Waals surface area (Å²) in [6, 6.07) is 12.5. The van der Waals surface area contributed by atoms with Crippen molar-refractivity contribution in [2.45, 2.75) is 4.90 Å². The van der Waals surface area contributed by atoms with Crippen molar-refractivity contribution in [3.8, 4) is 5.75 Å². The Bertz CT molecular complexity index is 671. The molecular formula is C12H8BrClO3S. The molecule has 0 spiro atoms. The highest BCUT2D eigenvalue weighted by atomic mass is 79.9. The van der Waals surface area contributed by atoms with E-state index in [2.05, 4.69) is 15.9 Å². The van der Waals surface area contributed by atoms with Crippen LogP contribution in [0.3, 0.4) is 0 Å². The van der Waals surface area contributed by atoms with E-state index in [-0.39, 0.29) is 10.6 Å². The van der Waals surface area contributed by atoms with Gasteiger partial charge < -0.3 is 4.18 Å².